The lowest BCUT2D eigenvalue weighted by Gasteiger charge is -2.45. The molecule has 10 aliphatic heterocycles. The fourth-order valence-corrected chi connectivity index (χ4v) is 16.5. The SMILES string of the molecule is C#C/C=C\C[C@@H]1O[C@@H]2C[C@@H](Br)[C@H](CC)O[C@@H]2C[C@@H]1Br.CC[C@@H]1O[C@@H]2C/C=C\C[C@H](C=C=CBr)O[C@@H]2C[C@H]1Br.CC[C@@H]1O[C@@H]2C[C@@H]3O[C@@H]3C[C@H](C=C=CBr)O[C@@H]2C[C@H]1Br.CC[C@@H]1O[C@@H]2C[C@H]3O[C@H]3C[C@H](C=C=CBr)O[C@@H]2C[C@H]1Br. The van der Waals surface area contributed by atoms with Gasteiger partial charge in [-0.3, -0.25) is 0 Å². The summed E-state index contributed by atoms with van der Waals surface area (Å²) in [6.45, 7) is 8.69. The lowest BCUT2D eigenvalue weighted by Crippen LogP contribution is -2.53. The first-order valence-corrected chi connectivity index (χ1v) is 35.7. The molecule has 18 heteroatoms. The fraction of sp³-hybridized carbons (Fsp3) is 0.750. The number of ether oxygens (including phenoxy) is 10. The molecule has 0 spiro atoms. The summed E-state index contributed by atoms with van der Waals surface area (Å²) in [4.78, 5) is 7.06. The van der Waals surface area contributed by atoms with Crippen LogP contribution in [0.3, 0.4) is 0 Å². The Balaban J connectivity index is 0.000000151. The maximum Gasteiger partial charge on any atom is 0.0876 e. The van der Waals surface area contributed by atoms with E-state index >= 15 is 0 Å². The van der Waals surface area contributed by atoms with Gasteiger partial charge in [0.1, 0.15) is 0 Å². The van der Waals surface area contributed by atoms with Crippen molar-refractivity contribution in [3.63, 3.8) is 0 Å². The number of hydrogen-bond acceptors (Lipinski definition) is 10. The highest BCUT2D eigenvalue weighted by Crippen LogP contribution is 2.43. The molecule has 0 aliphatic carbocycles. The first-order chi connectivity index (χ1) is 37.8. The summed E-state index contributed by atoms with van der Waals surface area (Å²) in [5, 5.41) is 0. The zero-order valence-electron chi connectivity index (χ0n) is 45.2. The zero-order chi connectivity index (χ0) is 55.7. The van der Waals surface area contributed by atoms with E-state index in [4.69, 9.17) is 53.8 Å². The van der Waals surface area contributed by atoms with Gasteiger partial charge in [-0.05, 0) is 101 Å². The second-order valence-electron chi connectivity index (χ2n) is 21.5. The van der Waals surface area contributed by atoms with E-state index in [2.05, 4.69) is 190 Å². The Morgan fingerprint density at radius 3 is 1.10 bits per heavy atom. The third-order valence-corrected chi connectivity index (χ3v) is 21.7. The van der Waals surface area contributed by atoms with Gasteiger partial charge in [0, 0.05) is 64.8 Å². The monoisotopic (exact) mass is 1590 g/mol. The van der Waals surface area contributed by atoms with Crippen LogP contribution in [-0.2, 0) is 47.4 Å². The van der Waals surface area contributed by atoms with Crippen LogP contribution in [0.25, 0.3) is 0 Å². The van der Waals surface area contributed by atoms with E-state index in [0.717, 1.165) is 103 Å². The molecule has 0 amide bonds. The van der Waals surface area contributed by atoms with Crippen molar-refractivity contribution in [2.24, 2.45) is 0 Å². The molecule has 0 bridgehead atoms. The van der Waals surface area contributed by atoms with Crippen molar-refractivity contribution >= 4 is 127 Å². The molecule has 10 nitrogen and oxygen atoms in total. The lowest BCUT2D eigenvalue weighted by atomic mass is 9.91. The zero-order valence-corrected chi connectivity index (χ0v) is 57.9. The van der Waals surface area contributed by atoms with Crippen molar-refractivity contribution in [3.8, 4) is 12.3 Å². The number of fused-ring (bicyclic) bond motifs is 6. The molecule has 25 atom stereocenters. The average molecular weight is 1600 g/mol. The molecule has 0 radical (unpaired) electrons. The van der Waals surface area contributed by atoms with Crippen LogP contribution in [0, 0.1) is 12.3 Å². The Morgan fingerprint density at radius 1 is 0.385 bits per heavy atom. The molecule has 0 N–H and O–H groups in total. The maximum absolute atomic E-state index is 6.26. The second kappa shape index (κ2) is 34.4. The fourth-order valence-electron chi connectivity index (χ4n) is 11.8. The summed E-state index contributed by atoms with van der Waals surface area (Å²) in [7, 11) is 0. The summed E-state index contributed by atoms with van der Waals surface area (Å²) >= 11 is 28.4. The topological polar surface area (TPSA) is 98.9 Å². The number of terminal acetylenes is 1. The Morgan fingerprint density at radius 2 is 0.692 bits per heavy atom. The number of allylic oxidation sites excluding steroid dienone is 1. The highest BCUT2D eigenvalue weighted by molar-refractivity contribution is 9.11. The highest BCUT2D eigenvalue weighted by atomic mass is 79.9. The van der Waals surface area contributed by atoms with Crippen molar-refractivity contribution in [2.75, 3.05) is 0 Å². The molecule has 9 saturated heterocycles. The van der Waals surface area contributed by atoms with Gasteiger partial charge in [0.25, 0.3) is 0 Å². The van der Waals surface area contributed by atoms with Crippen molar-refractivity contribution in [2.45, 2.75) is 277 Å². The normalized spacial score (nSPS) is 44.4. The highest BCUT2D eigenvalue weighted by Gasteiger charge is 2.51. The second-order valence-corrected chi connectivity index (χ2v) is 28.8. The van der Waals surface area contributed by atoms with Crippen LogP contribution in [0.4, 0.5) is 0 Å². The largest absolute Gasteiger partial charge is 0.371 e. The van der Waals surface area contributed by atoms with Gasteiger partial charge >= 0.3 is 0 Å². The molecule has 10 heterocycles. The van der Waals surface area contributed by atoms with Crippen molar-refractivity contribution in [1.82, 2.24) is 0 Å². The Labute approximate surface area is 533 Å². The van der Waals surface area contributed by atoms with Crippen LogP contribution in [0.5, 0.6) is 0 Å². The summed E-state index contributed by atoms with van der Waals surface area (Å²) in [5.74, 6) is 2.52. The van der Waals surface area contributed by atoms with Crippen LogP contribution < -0.4 is 0 Å². The van der Waals surface area contributed by atoms with Gasteiger partial charge in [-0.1, -0.05) is 179 Å². The van der Waals surface area contributed by atoms with Crippen molar-refractivity contribution in [3.05, 3.63) is 74.7 Å². The Bertz CT molecular complexity index is 2070. The van der Waals surface area contributed by atoms with E-state index < -0.39 is 0 Å². The predicted molar refractivity (Wildman–Crippen MR) is 339 cm³/mol. The van der Waals surface area contributed by atoms with E-state index in [1.165, 1.54) is 0 Å². The maximum atomic E-state index is 6.26. The minimum absolute atomic E-state index is 0.0630. The minimum Gasteiger partial charge on any atom is -0.371 e. The first-order valence-electron chi connectivity index (χ1n) is 28.4. The van der Waals surface area contributed by atoms with E-state index in [0.29, 0.717) is 60.8 Å². The molecule has 0 aromatic heterocycles. The van der Waals surface area contributed by atoms with Gasteiger partial charge in [-0.2, -0.15) is 0 Å². The Hall–Kier alpha value is 1.04. The summed E-state index contributed by atoms with van der Waals surface area (Å²) in [5.41, 5.74) is 9.18. The van der Waals surface area contributed by atoms with Gasteiger partial charge in [-0.15, -0.1) is 23.6 Å². The molecule has 0 aromatic carbocycles. The third-order valence-electron chi connectivity index (χ3n) is 16.1. The van der Waals surface area contributed by atoms with Gasteiger partial charge in [0.2, 0.25) is 0 Å². The quantitative estimate of drug-likeness (QED) is 0.0730. The smallest absolute Gasteiger partial charge is 0.0876 e. The van der Waals surface area contributed by atoms with E-state index in [9.17, 15) is 0 Å². The number of epoxide rings is 2. The van der Waals surface area contributed by atoms with E-state index in [1.54, 1.807) is 21.0 Å². The third kappa shape index (κ3) is 20.1. The standard InChI is InChI=1S/2C15H20Br2O3.2C15H20Br2O2/c2*1-2-11-10(17)7-13-15(19-11)8-14-12(20-14)6-9(18-13)4-3-5-16;1-3-5-6-7-13-11(17)9-14-15(19-13)8-10(16)12(4-2)18-14;1-2-13-12(17)10-15-14(19-13)8-4-3-6-11(18-15)7-5-9-16/h2*4-5,9-15H,2,6-8H2,1H3;1,5-6,10-15H,4,7-9H2,2H3;3-4,7,9,11-15H,2,6,8,10H2,1H3/b;;6-5-;4-3-/t3?,9-,10+,11-,12+,13+,14-,15+;3?,9-,10+,11-,12-,13+,14+,15+;10-,11+,12+,13+,14-,15-;5?,11-,12-,13+,14-,15-/m0011/s1. The molecule has 0 unspecified atom stereocenters. The van der Waals surface area contributed by atoms with Crippen LogP contribution in [0.1, 0.15) is 130 Å². The van der Waals surface area contributed by atoms with Crippen LogP contribution >= 0.6 is 127 Å². The van der Waals surface area contributed by atoms with E-state index in [1.807, 2.05) is 24.3 Å². The molecule has 9 fully saturated rings. The number of hydrogen-bond donors (Lipinski definition) is 0. The van der Waals surface area contributed by atoms with Gasteiger partial charge in [0.05, 0.1) is 122 Å². The van der Waals surface area contributed by atoms with Crippen molar-refractivity contribution in [1.29, 1.82) is 0 Å². The van der Waals surface area contributed by atoms with E-state index in [-0.39, 0.29) is 85.5 Å². The Kier molecular flexibility index (Phi) is 29.4. The minimum atomic E-state index is 0.0630. The molecule has 10 rings (SSSR count). The van der Waals surface area contributed by atoms with Gasteiger partial charge < -0.3 is 47.4 Å². The summed E-state index contributed by atoms with van der Waals surface area (Å²) in [6.07, 6.45) is 39.3. The van der Waals surface area contributed by atoms with Crippen molar-refractivity contribution < 1.29 is 47.4 Å². The number of halogens is 8. The molecule has 0 aromatic rings. The molecular formula is C60H80Br8O10. The van der Waals surface area contributed by atoms with Gasteiger partial charge in [-0.25, -0.2) is 0 Å². The molecule has 436 valence electrons. The average Bonchev–Trinajstić information content (AvgIpc) is 4.39. The number of rotatable bonds is 9. The molecule has 78 heavy (non-hydrogen) atoms. The predicted octanol–water partition coefficient (Wildman–Crippen LogP) is 15.7. The van der Waals surface area contributed by atoms with Crippen LogP contribution in [0.15, 0.2) is 74.7 Å². The van der Waals surface area contributed by atoms with Crippen LogP contribution in [0.2, 0.25) is 0 Å². The molecule has 0 saturated carbocycles. The summed E-state index contributed by atoms with van der Waals surface area (Å²) < 4.78 is 61.2. The first kappa shape index (κ1) is 66.6. The van der Waals surface area contributed by atoms with Crippen LogP contribution in [-0.4, -0.2) is 146 Å². The molecular weight excluding hydrogens is 1520 g/mol. The lowest BCUT2D eigenvalue weighted by molar-refractivity contribution is -0.180. The summed E-state index contributed by atoms with van der Waals surface area (Å²) in [6, 6.07) is 0. The van der Waals surface area contributed by atoms with Gasteiger partial charge in [0.15, 0.2) is 0 Å². The number of alkyl halides is 5. The molecule has 10 aliphatic rings.